The van der Waals surface area contributed by atoms with Crippen molar-refractivity contribution >= 4 is 34.5 Å². The molecule has 3 amide bonds. The number of nitrogens with zero attached hydrogens (tertiary/aromatic N) is 3. The molecule has 36 heavy (non-hydrogen) atoms. The van der Waals surface area contributed by atoms with Gasteiger partial charge >= 0.3 is 0 Å². The summed E-state index contributed by atoms with van der Waals surface area (Å²) in [6, 6.07) is 18.7. The van der Waals surface area contributed by atoms with Crippen molar-refractivity contribution in [3.8, 4) is 11.5 Å². The topological polar surface area (TPSA) is 83.7 Å². The number of aromatic nitrogens is 1. The van der Waals surface area contributed by atoms with Gasteiger partial charge in [-0.1, -0.05) is 24.3 Å². The smallest absolute Gasteiger partial charge is 0.257 e. The molecule has 0 aliphatic carbocycles. The summed E-state index contributed by atoms with van der Waals surface area (Å²) in [6.45, 7) is 5.25. The molecule has 0 radical (unpaired) electrons. The molecule has 1 atom stereocenters. The highest BCUT2D eigenvalue weighted by Crippen LogP contribution is 2.33. The molecule has 3 aromatic carbocycles. The van der Waals surface area contributed by atoms with Gasteiger partial charge in [0.1, 0.15) is 17.4 Å². The molecule has 1 fully saturated rings. The number of para-hydroxylation sites is 2. The molecule has 1 aliphatic rings. The SMILES string of the molecule is CC(C)(C)N(C(=O)c1ccccc1F)C1CC(=O)N(c2ccc(-c3nc4ccccc4o3)cc2)C1=O. The highest BCUT2D eigenvalue weighted by molar-refractivity contribution is 6.23. The summed E-state index contributed by atoms with van der Waals surface area (Å²) in [5.41, 5.74) is 1.47. The van der Waals surface area contributed by atoms with E-state index in [0.717, 1.165) is 10.4 Å². The summed E-state index contributed by atoms with van der Waals surface area (Å²) in [5, 5.41) is 0. The molecule has 4 aromatic rings. The number of oxazole rings is 1. The largest absolute Gasteiger partial charge is 0.436 e. The number of hydrogen-bond acceptors (Lipinski definition) is 5. The molecule has 182 valence electrons. The van der Waals surface area contributed by atoms with Crippen molar-refractivity contribution in [2.75, 3.05) is 4.90 Å². The summed E-state index contributed by atoms with van der Waals surface area (Å²) in [6.07, 6.45) is -0.191. The maximum absolute atomic E-state index is 14.4. The lowest BCUT2D eigenvalue weighted by Gasteiger charge is -2.39. The van der Waals surface area contributed by atoms with Crippen molar-refractivity contribution in [2.45, 2.75) is 38.8 Å². The van der Waals surface area contributed by atoms with Gasteiger partial charge in [-0.2, -0.15) is 0 Å². The van der Waals surface area contributed by atoms with Gasteiger partial charge in [0, 0.05) is 11.1 Å². The van der Waals surface area contributed by atoms with E-state index in [9.17, 15) is 18.8 Å². The average Bonchev–Trinajstić information content (AvgIpc) is 3.39. The summed E-state index contributed by atoms with van der Waals surface area (Å²) in [5.74, 6) is -1.86. The number of imide groups is 1. The van der Waals surface area contributed by atoms with Crippen molar-refractivity contribution in [1.29, 1.82) is 0 Å². The Labute approximate surface area is 207 Å². The monoisotopic (exact) mass is 485 g/mol. The minimum absolute atomic E-state index is 0.145. The zero-order valence-corrected chi connectivity index (χ0v) is 20.1. The zero-order valence-electron chi connectivity index (χ0n) is 20.1. The molecule has 1 saturated heterocycles. The number of carbonyl (C=O) groups is 3. The van der Waals surface area contributed by atoms with Crippen molar-refractivity contribution in [3.05, 3.63) is 84.2 Å². The Morgan fingerprint density at radius 3 is 2.33 bits per heavy atom. The third-order valence-electron chi connectivity index (χ3n) is 6.15. The van der Waals surface area contributed by atoms with Crippen LogP contribution in [0.5, 0.6) is 0 Å². The molecule has 8 heteroatoms. The third-order valence-corrected chi connectivity index (χ3v) is 6.15. The van der Waals surface area contributed by atoms with E-state index in [4.69, 9.17) is 4.42 Å². The number of rotatable bonds is 4. The number of carbonyl (C=O) groups excluding carboxylic acids is 3. The zero-order chi connectivity index (χ0) is 25.6. The summed E-state index contributed by atoms with van der Waals surface area (Å²) >= 11 is 0. The minimum Gasteiger partial charge on any atom is -0.436 e. The van der Waals surface area contributed by atoms with Crippen molar-refractivity contribution in [2.24, 2.45) is 0 Å². The van der Waals surface area contributed by atoms with Gasteiger partial charge in [-0.25, -0.2) is 14.3 Å². The fraction of sp³-hybridized carbons (Fsp3) is 0.214. The first-order valence-electron chi connectivity index (χ1n) is 11.6. The van der Waals surface area contributed by atoms with Gasteiger partial charge in [-0.05, 0) is 69.3 Å². The predicted molar refractivity (Wildman–Crippen MR) is 133 cm³/mol. The number of hydrogen-bond donors (Lipinski definition) is 0. The summed E-state index contributed by atoms with van der Waals surface area (Å²) in [7, 11) is 0. The van der Waals surface area contributed by atoms with E-state index in [2.05, 4.69) is 4.98 Å². The van der Waals surface area contributed by atoms with Crippen LogP contribution in [0.2, 0.25) is 0 Å². The molecule has 1 unspecified atom stereocenters. The van der Waals surface area contributed by atoms with Gasteiger partial charge in [-0.15, -0.1) is 0 Å². The van der Waals surface area contributed by atoms with Crippen LogP contribution in [-0.2, 0) is 9.59 Å². The highest BCUT2D eigenvalue weighted by Gasteiger charge is 2.48. The lowest BCUT2D eigenvalue weighted by molar-refractivity contribution is -0.123. The van der Waals surface area contributed by atoms with Gasteiger partial charge in [0.15, 0.2) is 5.58 Å². The Bertz CT molecular complexity index is 1450. The van der Waals surface area contributed by atoms with Crippen LogP contribution in [0.15, 0.2) is 77.2 Å². The molecule has 0 saturated carbocycles. The molecule has 0 N–H and O–H groups in total. The first kappa shape index (κ1) is 23.4. The highest BCUT2D eigenvalue weighted by atomic mass is 19.1. The van der Waals surface area contributed by atoms with Crippen LogP contribution in [0.1, 0.15) is 37.6 Å². The Balaban J connectivity index is 1.44. The first-order chi connectivity index (χ1) is 17.1. The van der Waals surface area contributed by atoms with E-state index in [1.54, 1.807) is 51.1 Å². The maximum atomic E-state index is 14.4. The summed E-state index contributed by atoms with van der Waals surface area (Å²) in [4.78, 5) is 46.7. The lowest BCUT2D eigenvalue weighted by atomic mass is 9.99. The van der Waals surface area contributed by atoms with Gasteiger partial charge in [-0.3, -0.25) is 14.4 Å². The van der Waals surface area contributed by atoms with Crippen molar-refractivity contribution in [3.63, 3.8) is 0 Å². The van der Waals surface area contributed by atoms with Crippen LogP contribution >= 0.6 is 0 Å². The second-order valence-corrected chi connectivity index (χ2v) is 9.65. The Morgan fingerprint density at radius 1 is 1.00 bits per heavy atom. The van der Waals surface area contributed by atoms with Crippen LogP contribution in [0, 0.1) is 5.82 Å². The Hall–Kier alpha value is -4.33. The van der Waals surface area contributed by atoms with E-state index in [-0.39, 0.29) is 12.0 Å². The van der Waals surface area contributed by atoms with Crippen LogP contribution in [0.25, 0.3) is 22.6 Å². The average molecular weight is 486 g/mol. The maximum Gasteiger partial charge on any atom is 0.257 e. The van der Waals surface area contributed by atoms with Crippen molar-refractivity contribution in [1.82, 2.24) is 9.88 Å². The Kier molecular flexibility index (Phi) is 5.67. The normalized spacial score (nSPS) is 16.1. The second-order valence-electron chi connectivity index (χ2n) is 9.65. The van der Waals surface area contributed by atoms with Crippen LogP contribution < -0.4 is 4.90 Å². The number of amides is 3. The van der Waals surface area contributed by atoms with Gasteiger partial charge in [0.2, 0.25) is 11.8 Å². The molecule has 2 heterocycles. The second kappa shape index (κ2) is 8.71. The quantitative estimate of drug-likeness (QED) is 0.371. The molecule has 0 spiro atoms. The third kappa shape index (κ3) is 4.04. The fourth-order valence-electron chi connectivity index (χ4n) is 4.52. The van der Waals surface area contributed by atoms with E-state index >= 15 is 0 Å². The molecule has 1 aliphatic heterocycles. The van der Waals surface area contributed by atoms with Crippen LogP contribution in [-0.4, -0.2) is 39.2 Å². The van der Waals surface area contributed by atoms with Crippen LogP contribution in [0.3, 0.4) is 0 Å². The Morgan fingerprint density at radius 2 is 1.67 bits per heavy atom. The first-order valence-corrected chi connectivity index (χ1v) is 11.6. The minimum atomic E-state index is -1.05. The van der Waals surface area contributed by atoms with E-state index in [1.807, 2.05) is 24.3 Å². The molecule has 1 aromatic heterocycles. The van der Waals surface area contributed by atoms with Gasteiger partial charge < -0.3 is 9.32 Å². The van der Waals surface area contributed by atoms with Gasteiger partial charge in [0.05, 0.1) is 17.7 Å². The number of benzene rings is 3. The molecule has 5 rings (SSSR count). The molecule has 7 nitrogen and oxygen atoms in total. The summed E-state index contributed by atoms with van der Waals surface area (Å²) < 4.78 is 20.2. The van der Waals surface area contributed by atoms with Gasteiger partial charge in [0.25, 0.3) is 11.8 Å². The fourth-order valence-corrected chi connectivity index (χ4v) is 4.52. The molecular formula is C28H24FN3O4. The van der Waals surface area contributed by atoms with Crippen LogP contribution in [0.4, 0.5) is 10.1 Å². The van der Waals surface area contributed by atoms with Crippen molar-refractivity contribution < 1.29 is 23.2 Å². The van der Waals surface area contributed by atoms with E-state index in [0.29, 0.717) is 22.7 Å². The van der Waals surface area contributed by atoms with E-state index < -0.39 is 35.1 Å². The number of halogens is 1. The van der Waals surface area contributed by atoms with E-state index in [1.165, 1.54) is 23.1 Å². The number of anilines is 1. The molecule has 0 bridgehead atoms. The lowest BCUT2D eigenvalue weighted by Crippen LogP contribution is -2.54. The predicted octanol–water partition coefficient (Wildman–Crippen LogP) is 5.21. The number of fused-ring (bicyclic) bond motifs is 1. The standard InChI is InChI=1S/C28H24FN3O4/c1-28(2,3)32(26(34)19-8-4-5-9-20(19)29)22-16-24(33)31(27(22)35)18-14-12-17(13-15-18)25-30-21-10-6-7-11-23(21)36-25/h4-15,22H,16H2,1-3H3. The molecular weight excluding hydrogens is 461 g/mol.